The Morgan fingerprint density at radius 1 is 0.652 bits per heavy atom. The van der Waals surface area contributed by atoms with E-state index in [1.54, 1.807) is 48.3 Å². The lowest BCUT2D eigenvalue weighted by molar-refractivity contribution is 0.0636. The quantitative estimate of drug-likeness (QED) is 0.0529. The van der Waals surface area contributed by atoms with E-state index in [0.29, 0.717) is 61.0 Å². The number of fused-ring (bicyclic) bond motifs is 3. The predicted molar refractivity (Wildman–Crippen MR) is 354 cm³/mol. The Bertz CT molecular complexity index is 4270. The number of carbonyl (C=O) groups excluding carboxylic acids is 1. The number of amides is 1. The molecule has 0 radical (unpaired) electrons. The highest BCUT2D eigenvalue weighted by Crippen LogP contribution is 2.34. The average Bonchev–Trinajstić information content (AvgIpc) is 1.90. The molecule has 11 aromatic rings. The first-order chi connectivity index (χ1) is 43.4. The molecule has 6 aromatic heterocycles. The molecule has 6 N–H and O–H groups in total. The van der Waals surface area contributed by atoms with Gasteiger partial charge in [-0.3, -0.25) is 15.2 Å². The van der Waals surface area contributed by atoms with E-state index < -0.39 is 23.5 Å². The number of hydrogen-bond donors (Lipinski definition) is 5. The summed E-state index contributed by atoms with van der Waals surface area (Å²) >= 11 is 4.63. The van der Waals surface area contributed by atoms with Gasteiger partial charge in [0, 0.05) is 55.5 Å². The third-order valence-electron chi connectivity index (χ3n) is 13.3. The molecule has 444 valence electrons. The Kier molecular flexibility index (Phi) is 20.4. The molecule has 1 aliphatic heterocycles. The fourth-order valence-corrected chi connectivity index (χ4v) is 12.1. The number of aromatic nitrogens is 8. The number of guanidine groups is 1. The highest BCUT2D eigenvalue weighted by molar-refractivity contribution is 7.22. The molecule has 0 aliphatic carbocycles. The summed E-state index contributed by atoms with van der Waals surface area (Å²) in [6, 6.07) is 53.3. The van der Waals surface area contributed by atoms with Crippen molar-refractivity contribution in [2.24, 2.45) is 4.99 Å². The second-order valence-electron chi connectivity index (χ2n) is 21.0. The molecule has 0 saturated carbocycles. The van der Waals surface area contributed by atoms with Crippen LogP contribution in [0, 0.1) is 34.0 Å². The number of thiazole rings is 3. The van der Waals surface area contributed by atoms with Crippen molar-refractivity contribution in [2.75, 3.05) is 39.7 Å². The molecular formula is C66H60N18O2S3. The number of rotatable bonds is 17. The van der Waals surface area contributed by atoms with Crippen molar-refractivity contribution in [2.45, 2.75) is 70.1 Å². The first kappa shape index (κ1) is 61.3. The normalized spacial score (nSPS) is 13.7. The van der Waals surface area contributed by atoms with Gasteiger partial charge in [-0.15, -0.1) is 22.7 Å². The number of nitrogens with zero attached hydrogens (tertiary/aromatic N) is 13. The SMILES string of the molecule is CC(C)(C)OC(=O)Nc1ccc(CCNc2nccc(C(C#N)c3nc4ccccc4s3)n2)cc1.N#CC(c1ccnc(NCCc2ccc(N)cc2)n1)c1nc2ccccc2s1.N#CCC1C=CNC(=NCc2ccncc2)N1c1nc2ccccc2s1. The summed E-state index contributed by atoms with van der Waals surface area (Å²) in [7, 11) is 0. The summed E-state index contributed by atoms with van der Waals surface area (Å²) in [4.78, 5) is 54.3. The maximum Gasteiger partial charge on any atom is 0.412 e. The van der Waals surface area contributed by atoms with E-state index in [1.165, 1.54) is 28.2 Å². The third kappa shape index (κ3) is 16.8. The Morgan fingerprint density at radius 2 is 1.17 bits per heavy atom. The molecule has 12 rings (SSSR count). The number of nitriles is 3. The fourth-order valence-electron chi connectivity index (χ4n) is 9.03. The van der Waals surface area contributed by atoms with Crippen molar-refractivity contribution in [3.8, 4) is 18.2 Å². The number of benzene rings is 5. The standard InChI is InChI=1S/C26H26N6O2S.C21H18N6S.C19H16N6S/c1-26(2,3)34-25(33)30-18-10-8-17(9-11-18)12-14-28-24-29-15-13-20(32-24)19(16-27)23-31-21-6-4-5-7-22(21)35-23;22-13-16(20-26-18-3-1-2-4-19(18)28-20)17-10-12-25-21(27-17)24-11-9-14-5-7-15(23)8-6-14;20-9-5-15-8-12-22-18(23-13-14-6-10-21-11-7-14)25(15)19-24-16-3-1-2-4-17(16)26-19/h4-11,13,15,19H,12,14H2,1-3H3,(H,30,33)(H,28,29,32);1-8,10,12,16H,9,11,23H2,(H,24,25,27);1-4,6-8,10-12,15H,5,13H2,(H,22,23). The van der Waals surface area contributed by atoms with Crippen LogP contribution in [0.5, 0.6) is 0 Å². The highest BCUT2D eigenvalue weighted by Gasteiger charge is 2.28. The van der Waals surface area contributed by atoms with Crippen LogP contribution in [0.1, 0.15) is 77.1 Å². The van der Waals surface area contributed by atoms with Gasteiger partial charge in [0.2, 0.25) is 17.9 Å². The number of pyridine rings is 1. The molecular weight excluding hydrogens is 1170 g/mol. The van der Waals surface area contributed by atoms with Crippen LogP contribution >= 0.6 is 34.0 Å². The van der Waals surface area contributed by atoms with Gasteiger partial charge < -0.3 is 26.4 Å². The van der Waals surface area contributed by atoms with E-state index in [2.05, 4.69) is 80.4 Å². The van der Waals surface area contributed by atoms with Crippen molar-refractivity contribution in [1.82, 2.24) is 45.2 Å². The minimum absolute atomic E-state index is 0.0991. The van der Waals surface area contributed by atoms with Crippen LogP contribution in [0.25, 0.3) is 30.6 Å². The molecule has 89 heavy (non-hydrogen) atoms. The van der Waals surface area contributed by atoms with Crippen LogP contribution in [-0.2, 0) is 24.1 Å². The molecule has 1 aliphatic rings. The van der Waals surface area contributed by atoms with Crippen LogP contribution < -0.4 is 31.9 Å². The Hall–Kier alpha value is -10.8. The monoisotopic (exact) mass is 1230 g/mol. The predicted octanol–water partition coefficient (Wildman–Crippen LogP) is 13.2. The van der Waals surface area contributed by atoms with Gasteiger partial charge in [-0.1, -0.05) is 72.0 Å². The van der Waals surface area contributed by atoms with Gasteiger partial charge in [-0.05, 0) is 141 Å². The van der Waals surface area contributed by atoms with Crippen LogP contribution in [0.15, 0.2) is 188 Å². The van der Waals surface area contributed by atoms with E-state index >= 15 is 0 Å². The molecule has 1 amide bonds. The number of hydrogen-bond acceptors (Lipinski definition) is 20. The van der Waals surface area contributed by atoms with Crippen molar-refractivity contribution >= 4 is 105 Å². The lowest BCUT2D eigenvalue weighted by Crippen LogP contribution is -2.48. The summed E-state index contributed by atoms with van der Waals surface area (Å²) in [6.45, 7) is 7.29. The van der Waals surface area contributed by atoms with Gasteiger partial charge in [-0.25, -0.2) is 44.7 Å². The summed E-state index contributed by atoms with van der Waals surface area (Å²) in [6.07, 6.45) is 12.1. The minimum atomic E-state index is -0.555. The van der Waals surface area contributed by atoms with Crippen molar-refractivity contribution < 1.29 is 9.53 Å². The second-order valence-corrected chi connectivity index (χ2v) is 24.1. The largest absolute Gasteiger partial charge is 0.444 e. The number of ether oxygens (including phenoxy) is 1. The molecule has 3 atom stereocenters. The van der Waals surface area contributed by atoms with Crippen LogP contribution in [0.2, 0.25) is 0 Å². The highest BCUT2D eigenvalue weighted by atomic mass is 32.1. The van der Waals surface area contributed by atoms with E-state index in [0.717, 1.165) is 75.5 Å². The molecule has 3 unspecified atom stereocenters. The van der Waals surface area contributed by atoms with Crippen LogP contribution in [0.3, 0.4) is 0 Å². The van der Waals surface area contributed by atoms with Crippen molar-refractivity contribution in [1.29, 1.82) is 15.8 Å². The Labute approximate surface area is 526 Å². The summed E-state index contributed by atoms with van der Waals surface area (Å²) in [5.74, 6) is 0.601. The van der Waals surface area contributed by atoms with E-state index in [1.807, 2.05) is 165 Å². The number of aliphatic imine (C=N–C) groups is 1. The number of anilines is 5. The first-order valence-corrected chi connectivity index (χ1v) is 30.8. The number of para-hydroxylation sites is 3. The van der Waals surface area contributed by atoms with Gasteiger partial charge >= 0.3 is 6.09 Å². The maximum atomic E-state index is 11.9. The van der Waals surface area contributed by atoms with Crippen molar-refractivity contribution in [3.63, 3.8) is 0 Å². The van der Waals surface area contributed by atoms with Gasteiger partial charge in [-0.2, -0.15) is 15.8 Å². The Morgan fingerprint density at radius 3 is 1.67 bits per heavy atom. The summed E-state index contributed by atoms with van der Waals surface area (Å²) in [5.41, 5.74) is 13.9. The fraction of sp³-hybridized carbons (Fsp3) is 0.197. The number of nitrogens with one attached hydrogen (secondary N) is 4. The molecule has 0 fully saturated rings. The molecule has 0 bridgehead atoms. The lowest BCUT2D eigenvalue weighted by atomic mass is 10.1. The average molecular weight is 1230 g/mol. The summed E-state index contributed by atoms with van der Waals surface area (Å²) in [5, 5.41) is 43.4. The van der Waals surface area contributed by atoms with E-state index in [4.69, 9.17) is 20.4 Å². The smallest absolute Gasteiger partial charge is 0.412 e. The molecule has 23 heteroatoms. The topological polar surface area (TPSA) is 291 Å². The van der Waals surface area contributed by atoms with Gasteiger partial charge in [0.05, 0.1) is 79.3 Å². The maximum absolute atomic E-state index is 11.9. The minimum Gasteiger partial charge on any atom is -0.444 e. The number of nitrogen functional groups attached to an aromatic ring is 1. The van der Waals surface area contributed by atoms with Crippen LogP contribution in [-0.4, -0.2) is 76.7 Å². The zero-order chi connectivity index (χ0) is 62.0. The molecule has 7 heterocycles. The van der Waals surface area contributed by atoms with Crippen molar-refractivity contribution in [3.05, 3.63) is 221 Å². The third-order valence-corrected chi connectivity index (χ3v) is 16.6. The number of carbonyl (C=O) groups is 1. The Balaban J connectivity index is 0.000000149. The second kappa shape index (κ2) is 29.6. The van der Waals surface area contributed by atoms with Gasteiger partial charge in [0.15, 0.2) is 5.13 Å². The zero-order valence-corrected chi connectivity index (χ0v) is 51.2. The molecule has 0 spiro atoms. The summed E-state index contributed by atoms with van der Waals surface area (Å²) < 4.78 is 8.49. The zero-order valence-electron chi connectivity index (χ0n) is 48.7. The van der Waals surface area contributed by atoms with Crippen LogP contribution in [0.4, 0.5) is 33.2 Å². The molecule has 0 saturated heterocycles. The number of nitrogens with two attached hydrogens (primary N) is 1. The first-order valence-electron chi connectivity index (χ1n) is 28.3. The molecule has 5 aromatic carbocycles. The van der Waals surface area contributed by atoms with Gasteiger partial charge in [0.1, 0.15) is 27.5 Å². The van der Waals surface area contributed by atoms with Gasteiger partial charge in [0.25, 0.3) is 0 Å². The van der Waals surface area contributed by atoms with E-state index in [9.17, 15) is 20.6 Å². The molecule has 20 nitrogen and oxygen atoms in total. The lowest BCUT2D eigenvalue weighted by Gasteiger charge is -2.32. The van der Waals surface area contributed by atoms with E-state index in [-0.39, 0.29) is 6.04 Å².